The lowest BCUT2D eigenvalue weighted by molar-refractivity contribution is -0.141. The summed E-state index contributed by atoms with van der Waals surface area (Å²) in [6, 6.07) is 1.76. The minimum atomic E-state index is -0.0751. The van der Waals surface area contributed by atoms with E-state index in [4.69, 9.17) is 4.74 Å². The van der Waals surface area contributed by atoms with Crippen LogP contribution in [0.15, 0.2) is 6.07 Å². The van der Waals surface area contributed by atoms with Gasteiger partial charge in [-0.05, 0) is 32.8 Å². The van der Waals surface area contributed by atoms with Crippen molar-refractivity contribution in [1.82, 2.24) is 20.0 Å². The van der Waals surface area contributed by atoms with Crippen LogP contribution in [-0.2, 0) is 9.53 Å². The van der Waals surface area contributed by atoms with Gasteiger partial charge in [0.25, 0.3) is 5.91 Å². The molecule has 0 bridgehead atoms. The molecular formula is C17H26N4O3. The number of nitrogens with zero attached hydrogens (tertiary/aromatic N) is 3. The number of aromatic nitrogens is 2. The van der Waals surface area contributed by atoms with Gasteiger partial charge in [0.15, 0.2) is 0 Å². The summed E-state index contributed by atoms with van der Waals surface area (Å²) in [6.07, 6.45) is 1.70. The molecule has 3 atom stereocenters. The summed E-state index contributed by atoms with van der Waals surface area (Å²) in [4.78, 5) is 29.1. The normalized spacial score (nSPS) is 27.5. The maximum absolute atomic E-state index is 12.9. The number of hydrogen-bond donors (Lipinski definition) is 1. The number of aromatic amines is 1. The molecule has 3 rings (SSSR count). The van der Waals surface area contributed by atoms with Crippen LogP contribution >= 0.6 is 0 Å². The minimum Gasteiger partial charge on any atom is -0.377 e. The third-order valence-corrected chi connectivity index (χ3v) is 5.05. The Morgan fingerprint density at radius 1 is 1.42 bits per heavy atom. The van der Waals surface area contributed by atoms with Crippen LogP contribution in [0.4, 0.5) is 0 Å². The molecule has 3 heterocycles. The Balaban J connectivity index is 1.63. The van der Waals surface area contributed by atoms with Crippen molar-refractivity contribution in [2.45, 2.75) is 45.8 Å². The van der Waals surface area contributed by atoms with Crippen LogP contribution in [0, 0.1) is 12.8 Å². The number of nitrogens with one attached hydrogen (secondary N) is 1. The van der Waals surface area contributed by atoms with Crippen LogP contribution in [0.5, 0.6) is 0 Å². The Morgan fingerprint density at radius 3 is 2.83 bits per heavy atom. The van der Waals surface area contributed by atoms with Crippen molar-refractivity contribution in [3.63, 3.8) is 0 Å². The number of aryl methyl sites for hydroxylation is 1. The molecule has 132 valence electrons. The Hall–Kier alpha value is -1.89. The number of ether oxygens (including phenoxy) is 1. The monoisotopic (exact) mass is 334 g/mol. The van der Waals surface area contributed by atoms with Crippen molar-refractivity contribution in [2.75, 3.05) is 26.2 Å². The van der Waals surface area contributed by atoms with Crippen LogP contribution in [-0.4, -0.2) is 70.2 Å². The van der Waals surface area contributed by atoms with E-state index in [2.05, 4.69) is 17.1 Å². The molecular weight excluding hydrogens is 308 g/mol. The zero-order valence-corrected chi connectivity index (χ0v) is 14.6. The fourth-order valence-corrected chi connectivity index (χ4v) is 3.71. The zero-order valence-electron chi connectivity index (χ0n) is 14.6. The first kappa shape index (κ1) is 17.0. The van der Waals surface area contributed by atoms with E-state index in [0.717, 1.165) is 18.5 Å². The van der Waals surface area contributed by atoms with Gasteiger partial charge in [0, 0.05) is 38.0 Å². The average Bonchev–Trinajstić information content (AvgIpc) is 3.22. The lowest BCUT2D eigenvalue weighted by Crippen LogP contribution is -2.57. The number of carbonyl (C=O) groups is 2. The van der Waals surface area contributed by atoms with Crippen molar-refractivity contribution in [3.05, 3.63) is 17.5 Å². The lowest BCUT2D eigenvalue weighted by atomic mass is 9.96. The first-order chi connectivity index (χ1) is 11.5. The van der Waals surface area contributed by atoms with Gasteiger partial charge in [-0.3, -0.25) is 14.7 Å². The SMILES string of the molecule is CC[C@H]1OCC[C@@H]1C(=O)N1CCN(C(=O)c2cc(C)[nH]n2)C[C@@H]1C. The molecule has 0 spiro atoms. The van der Waals surface area contributed by atoms with E-state index in [-0.39, 0.29) is 29.9 Å². The fourth-order valence-electron chi connectivity index (χ4n) is 3.71. The predicted octanol–water partition coefficient (Wildman–Crippen LogP) is 1.21. The van der Waals surface area contributed by atoms with E-state index >= 15 is 0 Å². The average molecular weight is 334 g/mol. The van der Waals surface area contributed by atoms with Gasteiger partial charge in [-0.1, -0.05) is 6.92 Å². The molecule has 2 fully saturated rings. The molecule has 0 aromatic carbocycles. The highest BCUT2D eigenvalue weighted by molar-refractivity contribution is 5.92. The van der Waals surface area contributed by atoms with Gasteiger partial charge in [-0.25, -0.2) is 0 Å². The maximum Gasteiger partial charge on any atom is 0.274 e. The minimum absolute atomic E-state index is 0.00773. The molecule has 2 amide bonds. The van der Waals surface area contributed by atoms with Gasteiger partial charge < -0.3 is 14.5 Å². The summed E-state index contributed by atoms with van der Waals surface area (Å²) < 4.78 is 5.66. The largest absolute Gasteiger partial charge is 0.377 e. The second-order valence-electron chi connectivity index (χ2n) is 6.78. The molecule has 0 radical (unpaired) electrons. The van der Waals surface area contributed by atoms with Crippen molar-refractivity contribution in [3.8, 4) is 0 Å². The third-order valence-electron chi connectivity index (χ3n) is 5.05. The lowest BCUT2D eigenvalue weighted by Gasteiger charge is -2.41. The van der Waals surface area contributed by atoms with Crippen molar-refractivity contribution < 1.29 is 14.3 Å². The molecule has 2 aliphatic heterocycles. The summed E-state index contributed by atoms with van der Waals surface area (Å²) in [7, 11) is 0. The van der Waals surface area contributed by atoms with Crippen LogP contribution in [0.3, 0.4) is 0 Å². The second-order valence-corrected chi connectivity index (χ2v) is 6.78. The summed E-state index contributed by atoms with van der Waals surface area (Å²) in [5.41, 5.74) is 1.31. The van der Waals surface area contributed by atoms with Crippen molar-refractivity contribution in [2.24, 2.45) is 5.92 Å². The summed E-state index contributed by atoms with van der Waals surface area (Å²) in [5.74, 6) is 0.0668. The summed E-state index contributed by atoms with van der Waals surface area (Å²) >= 11 is 0. The standard InChI is InChI=1S/C17H26N4O3/c1-4-15-13(5-8-24-15)16(22)21-7-6-20(10-12(21)3)17(23)14-9-11(2)18-19-14/h9,12-13,15H,4-8,10H2,1-3H3,(H,18,19)/t12-,13-,15+/m0/s1. The van der Waals surface area contributed by atoms with Crippen LogP contribution in [0.2, 0.25) is 0 Å². The fraction of sp³-hybridized carbons (Fsp3) is 0.706. The quantitative estimate of drug-likeness (QED) is 0.901. The molecule has 7 heteroatoms. The first-order valence-electron chi connectivity index (χ1n) is 8.74. The van der Waals surface area contributed by atoms with Gasteiger partial charge in [-0.2, -0.15) is 5.10 Å². The Morgan fingerprint density at radius 2 is 2.21 bits per heavy atom. The topological polar surface area (TPSA) is 78.5 Å². The molecule has 7 nitrogen and oxygen atoms in total. The zero-order chi connectivity index (χ0) is 17.3. The number of carbonyl (C=O) groups excluding carboxylic acids is 2. The van der Waals surface area contributed by atoms with Crippen LogP contribution < -0.4 is 0 Å². The first-order valence-corrected chi connectivity index (χ1v) is 8.74. The van der Waals surface area contributed by atoms with E-state index < -0.39 is 0 Å². The van der Waals surface area contributed by atoms with Gasteiger partial charge >= 0.3 is 0 Å². The van der Waals surface area contributed by atoms with Gasteiger partial charge in [0.05, 0.1) is 12.0 Å². The maximum atomic E-state index is 12.9. The Kier molecular flexibility index (Phi) is 4.89. The highest BCUT2D eigenvalue weighted by Gasteiger charge is 2.39. The molecule has 1 aromatic heterocycles. The molecule has 1 aromatic rings. The molecule has 2 saturated heterocycles. The van der Waals surface area contributed by atoms with Gasteiger partial charge in [0.1, 0.15) is 5.69 Å². The second kappa shape index (κ2) is 6.93. The number of rotatable bonds is 3. The van der Waals surface area contributed by atoms with E-state index in [1.165, 1.54) is 0 Å². The van der Waals surface area contributed by atoms with E-state index in [0.29, 0.717) is 31.9 Å². The van der Waals surface area contributed by atoms with E-state index in [1.807, 2.05) is 18.7 Å². The molecule has 2 aliphatic rings. The van der Waals surface area contributed by atoms with Crippen LogP contribution in [0.1, 0.15) is 42.9 Å². The Labute approximate surface area is 142 Å². The van der Waals surface area contributed by atoms with E-state index in [9.17, 15) is 9.59 Å². The number of H-pyrrole nitrogens is 1. The number of piperazine rings is 1. The molecule has 0 saturated carbocycles. The van der Waals surface area contributed by atoms with Crippen LogP contribution in [0.25, 0.3) is 0 Å². The Bertz CT molecular complexity index is 615. The number of amides is 2. The smallest absolute Gasteiger partial charge is 0.274 e. The molecule has 1 N–H and O–H groups in total. The third kappa shape index (κ3) is 3.17. The highest BCUT2D eigenvalue weighted by atomic mass is 16.5. The van der Waals surface area contributed by atoms with Crippen molar-refractivity contribution >= 4 is 11.8 Å². The van der Waals surface area contributed by atoms with Crippen molar-refractivity contribution in [1.29, 1.82) is 0 Å². The summed E-state index contributed by atoms with van der Waals surface area (Å²) in [5, 5.41) is 6.84. The summed E-state index contributed by atoms with van der Waals surface area (Å²) in [6.45, 7) is 8.26. The molecule has 24 heavy (non-hydrogen) atoms. The predicted molar refractivity (Wildman–Crippen MR) is 88.5 cm³/mol. The van der Waals surface area contributed by atoms with E-state index in [1.54, 1.807) is 11.0 Å². The number of hydrogen-bond acceptors (Lipinski definition) is 4. The van der Waals surface area contributed by atoms with Gasteiger partial charge in [0.2, 0.25) is 5.91 Å². The van der Waals surface area contributed by atoms with Gasteiger partial charge in [-0.15, -0.1) is 0 Å². The molecule has 0 unspecified atom stereocenters. The highest BCUT2D eigenvalue weighted by Crippen LogP contribution is 2.27. The molecule has 0 aliphatic carbocycles.